The van der Waals surface area contributed by atoms with Crippen LogP contribution >= 0.6 is 11.6 Å². The number of benzene rings is 1. The monoisotopic (exact) mass is 304 g/mol. The molecule has 0 aliphatic rings. The number of aromatic nitrogens is 5. The number of imidazole rings is 1. The SMILES string of the molecule is Cn1nnc2c(C(=O)Nc3cccc(Cl)c3)ncn2c1=O. The summed E-state index contributed by atoms with van der Waals surface area (Å²) in [4.78, 5) is 27.9. The van der Waals surface area contributed by atoms with E-state index in [-0.39, 0.29) is 11.3 Å². The number of carbonyl (C=O) groups is 1. The van der Waals surface area contributed by atoms with Crippen LogP contribution in [0.25, 0.3) is 5.65 Å². The number of nitrogens with zero attached hydrogens (tertiary/aromatic N) is 5. The first-order chi connectivity index (χ1) is 10.1. The van der Waals surface area contributed by atoms with Gasteiger partial charge in [0, 0.05) is 17.8 Å². The molecule has 0 radical (unpaired) electrons. The zero-order chi connectivity index (χ0) is 15.0. The van der Waals surface area contributed by atoms with Crippen LogP contribution in [0.1, 0.15) is 10.5 Å². The highest BCUT2D eigenvalue weighted by molar-refractivity contribution is 6.31. The molecular weight excluding hydrogens is 296 g/mol. The van der Waals surface area contributed by atoms with E-state index in [4.69, 9.17) is 11.6 Å². The molecule has 0 fully saturated rings. The normalized spacial score (nSPS) is 10.8. The molecule has 1 N–H and O–H groups in total. The standard InChI is InChI=1S/C12H9ClN6O2/c1-18-12(21)19-6-14-9(10(19)16-17-18)11(20)15-8-4-2-3-7(13)5-8/h2-6H,1H3,(H,15,20). The van der Waals surface area contributed by atoms with Crippen molar-refractivity contribution in [2.75, 3.05) is 5.32 Å². The number of fused-ring (bicyclic) bond motifs is 1. The lowest BCUT2D eigenvalue weighted by atomic mass is 10.3. The third-order valence-corrected chi connectivity index (χ3v) is 3.03. The van der Waals surface area contributed by atoms with Gasteiger partial charge in [-0.05, 0) is 18.2 Å². The van der Waals surface area contributed by atoms with E-state index in [9.17, 15) is 9.59 Å². The van der Waals surface area contributed by atoms with Gasteiger partial charge < -0.3 is 5.32 Å². The average Bonchev–Trinajstić information content (AvgIpc) is 2.87. The van der Waals surface area contributed by atoms with Crippen LogP contribution in [0.2, 0.25) is 5.02 Å². The number of anilines is 1. The lowest BCUT2D eigenvalue weighted by molar-refractivity contribution is 0.102. The van der Waals surface area contributed by atoms with Crippen LogP contribution in [0, 0.1) is 0 Å². The predicted molar refractivity (Wildman–Crippen MR) is 75.4 cm³/mol. The third kappa shape index (κ3) is 2.36. The van der Waals surface area contributed by atoms with Crippen molar-refractivity contribution in [3.63, 3.8) is 0 Å². The Morgan fingerprint density at radius 1 is 1.38 bits per heavy atom. The van der Waals surface area contributed by atoms with Crippen LogP contribution < -0.4 is 11.0 Å². The number of amides is 1. The van der Waals surface area contributed by atoms with E-state index < -0.39 is 11.6 Å². The van der Waals surface area contributed by atoms with Gasteiger partial charge in [0.05, 0.1) is 0 Å². The van der Waals surface area contributed by atoms with Crippen molar-refractivity contribution in [3.05, 3.63) is 51.8 Å². The second-order valence-electron chi connectivity index (χ2n) is 4.25. The Hall–Kier alpha value is -2.74. The Balaban J connectivity index is 1.99. The number of nitrogens with one attached hydrogen (secondary N) is 1. The summed E-state index contributed by atoms with van der Waals surface area (Å²) in [7, 11) is 1.46. The first-order valence-corrected chi connectivity index (χ1v) is 6.28. The summed E-state index contributed by atoms with van der Waals surface area (Å²) in [6.07, 6.45) is 1.24. The third-order valence-electron chi connectivity index (χ3n) is 2.80. The van der Waals surface area contributed by atoms with Crippen molar-refractivity contribution in [1.82, 2.24) is 24.4 Å². The number of aryl methyl sites for hydroxylation is 1. The first kappa shape index (κ1) is 13.3. The maximum absolute atomic E-state index is 12.2. The van der Waals surface area contributed by atoms with E-state index >= 15 is 0 Å². The van der Waals surface area contributed by atoms with Crippen molar-refractivity contribution in [1.29, 1.82) is 0 Å². The van der Waals surface area contributed by atoms with Crippen molar-refractivity contribution >= 4 is 28.8 Å². The molecule has 1 aromatic carbocycles. The molecular formula is C12H9ClN6O2. The molecule has 9 heteroatoms. The molecule has 0 aliphatic heterocycles. The number of hydrogen-bond donors (Lipinski definition) is 1. The van der Waals surface area contributed by atoms with Gasteiger partial charge >= 0.3 is 5.69 Å². The topological polar surface area (TPSA) is 94.2 Å². The summed E-state index contributed by atoms with van der Waals surface area (Å²) in [6.45, 7) is 0. The fourth-order valence-corrected chi connectivity index (χ4v) is 1.99. The fraction of sp³-hybridized carbons (Fsp3) is 0.0833. The molecule has 2 heterocycles. The van der Waals surface area contributed by atoms with Crippen LogP contribution in [0.15, 0.2) is 35.4 Å². The second-order valence-corrected chi connectivity index (χ2v) is 4.68. The van der Waals surface area contributed by atoms with E-state index in [0.29, 0.717) is 10.7 Å². The van der Waals surface area contributed by atoms with Gasteiger partial charge in [0.15, 0.2) is 11.3 Å². The van der Waals surface area contributed by atoms with Crippen molar-refractivity contribution in [3.8, 4) is 0 Å². The van der Waals surface area contributed by atoms with E-state index in [2.05, 4.69) is 20.6 Å². The Morgan fingerprint density at radius 2 is 2.19 bits per heavy atom. The van der Waals surface area contributed by atoms with Gasteiger partial charge in [-0.15, -0.1) is 5.10 Å². The second kappa shape index (κ2) is 4.98. The zero-order valence-corrected chi connectivity index (χ0v) is 11.6. The molecule has 0 bridgehead atoms. The minimum absolute atomic E-state index is 0.0141. The molecule has 3 aromatic rings. The van der Waals surface area contributed by atoms with Gasteiger partial charge in [-0.25, -0.2) is 14.2 Å². The van der Waals surface area contributed by atoms with Crippen molar-refractivity contribution in [2.24, 2.45) is 7.05 Å². The maximum atomic E-state index is 12.2. The Kier molecular flexibility index (Phi) is 3.15. The largest absolute Gasteiger partial charge is 0.352 e. The first-order valence-electron chi connectivity index (χ1n) is 5.90. The highest BCUT2D eigenvalue weighted by Gasteiger charge is 2.17. The molecule has 21 heavy (non-hydrogen) atoms. The number of hydrogen-bond acceptors (Lipinski definition) is 5. The summed E-state index contributed by atoms with van der Waals surface area (Å²) in [5.41, 5.74) is 0.192. The molecule has 2 aromatic heterocycles. The van der Waals surface area contributed by atoms with Gasteiger partial charge in [-0.1, -0.05) is 22.9 Å². The molecule has 0 unspecified atom stereocenters. The quantitative estimate of drug-likeness (QED) is 0.753. The van der Waals surface area contributed by atoms with Crippen LogP contribution in [0.3, 0.4) is 0 Å². The summed E-state index contributed by atoms with van der Waals surface area (Å²) >= 11 is 5.85. The smallest absolute Gasteiger partial charge is 0.320 e. The highest BCUT2D eigenvalue weighted by atomic mass is 35.5. The molecule has 0 saturated carbocycles. The van der Waals surface area contributed by atoms with Gasteiger partial charge in [0.25, 0.3) is 5.91 Å². The Morgan fingerprint density at radius 3 is 2.95 bits per heavy atom. The highest BCUT2D eigenvalue weighted by Crippen LogP contribution is 2.16. The molecule has 0 atom stereocenters. The minimum atomic E-state index is -0.498. The fourth-order valence-electron chi connectivity index (χ4n) is 1.80. The van der Waals surface area contributed by atoms with Gasteiger partial charge in [-0.2, -0.15) is 4.68 Å². The molecule has 1 amide bonds. The summed E-state index contributed by atoms with van der Waals surface area (Å²) in [5.74, 6) is -0.498. The number of rotatable bonds is 2. The van der Waals surface area contributed by atoms with Gasteiger partial charge in [0.1, 0.15) is 6.33 Å². The molecule has 0 saturated heterocycles. The van der Waals surface area contributed by atoms with E-state index in [0.717, 1.165) is 9.08 Å². The van der Waals surface area contributed by atoms with Crippen LogP contribution in [-0.2, 0) is 7.05 Å². The molecule has 3 rings (SSSR count). The average molecular weight is 305 g/mol. The molecule has 106 valence electrons. The Bertz CT molecular complexity index is 900. The van der Waals surface area contributed by atoms with Crippen LogP contribution in [0.5, 0.6) is 0 Å². The van der Waals surface area contributed by atoms with E-state index in [1.54, 1.807) is 24.3 Å². The van der Waals surface area contributed by atoms with Crippen LogP contribution in [-0.4, -0.2) is 30.3 Å². The maximum Gasteiger partial charge on any atom is 0.352 e. The zero-order valence-electron chi connectivity index (χ0n) is 10.8. The minimum Gasteiger partial charge on any atom is -0.320 e. The summed E-state index contributed by atoms with van der Waals surface area (Å²) in [6, 6.07) is 6.69. The van der Waals surface area contributed by atoms with Crippen molar-refractivity contribution in [2.45, 2.75) is 0 Å². The predicted octanol–water partition coefficient (Wildman–Crippen LogP) is 0.729. The lowest BCUT2D eigenvalue weighted by Crippen LogP contribution is -2.27. The number of carbonyl (C=O) groups excluding carboxylic acids is 1. The summed E-state index contributed by atoms with van der Waals surface area (Å²) in [5, 5.41) is 10.6. The van der Waals surface area contributed by atoms with Gasteiger partial charge in [-0.3, -0.25) is 4.79 Å². The lowest BCUT2D eigenvalue weighted by Gasteiger charge is -2.03. The van der Waals surface area contributed by atoms with Crippen molar-refractivity contribution < 1.29 is 4.79 Å². The molecule has 0 aliphatic carbocycles. The van der Waals surface area contributed by atoms with Crippen LogP contribution in [0.4, 0.5) is 5.69 Å². The number of halogens is 1. The van der Waals surface area contributed by atoms with E-state index in [1.165, 1.54) is 13.4 Å². The van der Waals surface area contributed by atoms with Gasteiger partial charge in [0.2, 0.25) is 0 Å². The van der Waals surface area contributed by atoms with E-state index in [1.807, 2.05) is 0 Å². The molecule has 0 spiro atoms. The Labute approximate surface area is 123 Å². The summed E-state index contributed by atoms with van der Waals surface area (Å²) < 4.78 is 2.20. The molecule has 8 nitrogen and oxygen atoms in total.